The molecule has 1 rings (SSSR count). The molecule has 0 N–H and O–H groups in total. The molecule has 0 spiro atoms. The molecule has 1 heterocycles. The molecule has 1 fully saturated rings. The highest BCUT2D eigenvalue weighted by atomic mass is 19.1. The second kappa shape index (κ2) is 4.61. The summed E-state index contributed by atoms with van der Waals surface area (Å²) in [5.41, 5.74) is -0.879. The Hall–Kier alpha value is -0.110. The molecule has 2 heteroatoms. The van der Waals surface area contributed by atoms with E-state index in [4.69, 9.17) is 0 Å². The van der Waals surface area contributed by atoms with Gasteiger partial charge in [-0.15, -0.1) is 0 Å². The monoisotopic (exact) mass is 201 g/mol. The first-order chi connectivity index (χ1) is 6.43. The molecule has 1 aliphatic rings. The molecule has 1 unspecified atom stereocenters. The van der Waals surface area contributed by atoms with Crippen LogP contribution in [0.3, 0.4) is 0 Å². The van der Waals surface area contributed by atoms with Gasteiger partial charge in [0.05, 0.1) is 0 Å². The minimum Gasteiger partial charge on any atom is -0.306 e. The predicted molar refractivity (Wildman–Crippen MR) is 59.2 cm³/mol. The molecule has 0 aromatic heterocycles. The van der Waals surface area contributed by atoms with Crippen LogP contribution >= 0.6 is 0 Å². The average molecular weight is 201 g/mol. The van der Waals surface area contributed by atoms with Gasteiger partial charge in [0.15, 0.2) is 0 Å². The molecule has 0 amide bonds. The van der Waals surface area contributed by atoms with Crippen molar-refractivity contribution in [1.82, 2.24) is 4.90 Å². The number of likely N-dealkylation sites (tertiary alicyclic amines) is 1. The summed E-state index contributed by atoms with van der Waals surface area (Å²) in [7, 11) is 2.07. The fourth-order valence-electron chi connectivity index (χ4n) is 2.04. The van der Waals surface area contributed by atoms with Gasteiger partial charge in [-0.05, 0) is 38.1 Å². The SMILES string of the molecule is CC(C)C(C)CC1(F)CCN(C)CC1. The van der Waals surface area contributed by atoms with E-state index in [-0.39, 0.29) is 0 Å². The Balaban J connectivity index is 2.42. The second-order valence-corrected chi connectivity index (χ2v) is 5.38. The van der Waals surface area contributed by atoms with Crippen LogP contribution in [0.1, 0.15) is 40.0 Å². The van der Waals surface area contributed by atoms with Crippen LogP contribution in [0.5, 0.6) is 0 Å². The van der Waals surface area contributed by atoms with Crippen LogP contribution in [0.4, 0.5) is 4.39 Å². The van der Waals surface area contributed by atoms with Gasteiger partial charge in [0.25, 0.3) is 0 Å². The smallest absolute Gasteiger partial charge is 0.113 e. The molecule has 0 aliphatic carbocycles. The Kier molecular flexibility index (Phi) is 3.94. The number of hydrogen-bond acceptors (Lipinski definition) is 1. The largest absolute Gasteiger partial charge is 0.306 e. The van der Waals surface area contributed by atoms with E-state index in [2.05, 4.69) is 32.7 Å². The number of halogens is 1. The molecule has 1 saturated heterocycles. The van der Waals surface area contributed by atoms with Crippen LogP contribution in [0.15, 0.2) is 0 Å². The maximum atomic E-state index is 14.3. The Labute approximate surface area is 87.7 Å². The van der Waals surface area contributed by atoms with Gasteiger partial charge in [-0.25, -0.2) is 4.39 Å². The fourth-order valence-corrected chi connectivity index (χ4v) is 2.04. The Morgan fingerprint density at radius 1 is 1.21 bits per heavy atom. The van der Waals surface area contributed by atoms with E-state index in [0.29, 0.717) is 11.8 Å². The normalized spacial score (nSPS) is 25.3. The van der Waals surface area contributed by atoms with Gasteiger partial charge in [-0.1, -0.05) is 20.8 Å². The molecule has 1 aliphatic heterocycles. The zero-order chi connectivity index (χ0) is 10.8. The third kappa shape index (κ3) is 3.23. The number of rotatable bonds is 3. The summed E-state index contributed by atoms with van der Waals surface area (Å²) in [5.74, 6) is 1.10. The van der Waals surface area contributed by atoms with E-state index in [9.17, 15) is 4.39 Å². The van der Waals surface area contributed by atoms with Crippen molar-refractivity contribution in [3.63, 3.8) is 0 Å². The number of hydrogen-bond donors (Lipinski definition) is 0. The first-order valence-corrected chi connectivity index (χ1v) is 5.80. The van der Waals surface area contributed by atoms with E-state index in [1.165, 1.54) is 0 Å². The minimum atomic E-state index is -0.879. The van der Waals surface area contributed by atoms with Crippen LogP contribution in [0, 0.1) is 11.8 Å². The molecule has 0 bridgehead atoms. The first kappa shape index (κ1) is 12.0. The van der Waals surface area contributed by atoms with E-state index in [0.717, 1.165) is 32.4 Å². The van der Waals surface area contributed by atoms with Gasteiger partial charge in [0.1, 0.15) is 5.67 Å². The third-order valence-electron chi connectivity index (χ3n) is 3.71. The van der Waals surface area contributed by atoms with Crippen molar-refractivity contribution in [3.05, 3.63) is 0 Å². The van der Waals surface area contributed by atoms with E-state index in [1.54, 1.807) is 0 Å². The molecule has 1 atom stereocenters. The highest BCUT2D eigenvalue weighted by molar-refractivity contribution is 4.87. The van der Waals surface area contributed by atoms with Crippen LogP contribution in [-0.4, -0.2) is 30.7 Å². The highest BCUT2D eigenvalue weighted by Gasteiger charge is 2.35. The molecule has 0 radical (unpaired) electrons. The highest BCUT2D eigenvalue weighted by Crippen LogP contribution is 2.34. The van der Waals surface area contributed by atoms with Gasteiger partial charge in [-0.3, -0.25) is 0 Å². The van der Waals surface area contributed by atoms with Gasteiger partial charge < -0.3 is 4.90 Å². The molecule has 0 saturated carbocycles. The molecule has 14 heavy (non-hydrogen) atoms. The summed E-state index contributed by atoms with van der Waals surface area (Å²) in [6.07, 6.45) is 2.19. The van der Waals surface area contributed by atoms with Crippen molar-refractivity contribution in [2.24, 2.45) is 11.8 Å². The number of nitrogens with zero attached hydrogens (tertiary/aromatic N) is 1. The summed E-state index contributed by atoms with van der Waals surface area (Å²) < 4.78 is 14.3. The quantitative estimate of drug-likeness (QED) is 0.678. The summed E-state index contributed by atoms with van der Waals surface area (Å²) in [6.45, 7) is 8.37. The van der Waals surface area contributed by atoms with Gasteiger partial charge in [0.2, 0.25) is 0 Å². The third-order valence-corrected chi connectivity index (χ3v) is 3.71. The lowest BCUT2D eigenvalue weighted by Gasteiger charge is -2.36. The lowest BCUT2D eigenvalue weighted by molar-refractivity contribution is 0.0414. The first-order valence-electron chi connectivity index (χ1n) is 5.80. The number of alkyl halides is 1. The zero-order valence-electron chi connectivity index (χ0n) is 10.0. The van der Waals surface area contributed by atoms with Gasteiger partial charge in [0, 0.05) is 13.1 Å². The number of piperidine rings is 1. The van der Waals surface area contributed by atoms with Gasteiger partial charge >= 0.3 is 0 Å². The Morgan fingerprint density at radius 2 is 1.71 bits per heavy atom. The van der Waals surface area contributed by atoms with Crippen molar-refractivity contribution in [1.29, 1.82) is 0 Å². The van der Waals surface area contributed by atoms with E-state index < -0.39 is 5.67 Å². The molecule has 0 aromatic carbocycles. The molecule has 84 valence electrons. The zero-order valence-corrected chi connectivity index (χ0v) is 10.0. The van der Waals surface area contributed by atoms with Crippen LogP contribution in [0.25, 0.3) is 0 Å². The molecular weight excluding hydrogens is 177 g/mol. The maximum Gasteiger partial charge on any atom is 0.113 e. The van der Waals surface area contributed by atoms with Crippen molar-refractivity contribution < 1.29 is 4.39 Å². The van der Waals surface area contributed by atoms with Crippen LogP contribution in [0.2, 0.25) is 0 Å². The standard InChI is InChI=1S/C12H24FN/c1-10(2)11(3)9-12(13)5-7-14(4)8-6-12/h10-11H,5-9H2,1-4H3. The molecule has 0 aromatic rings. The molecule has 1 nitrogen and oxygen atoms in total. The Bertz CT molecular complexity index is 171. The second-order valence-electron chi connectivity index (χ2n) is 5.38. The van der Waals surface area contributed by atoms with Crippen LogP contribution < -0.4 is 0 Å². The van der Waals surface area contributed by atoms with Crippen molar-refractivity contribution in [2.75, 3.05) is 20.1 Å². The van der Waals surface area contributed by atoms with Crippen molar-refractivity contribution in [2.45, 2.75) is 45.7 Å². The summed E-state index contributed by atoms with van der Waals surface area (Å²) >= 11 is 0. The summed E-state index contributed by atoms with van der Waals surface area (Å²) in [4.78, 5) is 2.22. The van der Waals surface area contributed by atoms with E-state index in [1.807, 2.05) is 0 Å². The summed E-state index contributed by atoms with van der Waals surface area (Å²) in [5, 5.41) is 0. The van der Waals surface area contributed by atoms with Crippen molar-refractivity contribution in [3.8, 4) is 0 Å². The van der Waals surface area contributed by atoms with Crippen LogP contribution in [-0.2, 0) is 0 Å². The predicted octanol–water partition coefficient (Wildman–Crippen LogP) is 3.10. The Morgan fingerprint density at radius 3 is 2.14 bits per heavy atom. The fraction of sp³-hybridized carbons (Fsp3) is 1.00. The van der Waals surface area contributed by atoms with Gasteiger partial charge in [-0.2, -0.15) is 0 Å². The topological polar surface area (TPSA) is 3.24 Å². The lowest BCUT2D eigenvalue weighted by Crippen LogP contribution is -2.41. The van der Waals surface area contributed by atoms with E-state index >= 15 is 0 Å². The summed E-state index contributed by atoms with van der Waals surface area (Å²) in [6, 6.07) is 0. The minimum absolute atomic E-state index is 0.503. The van der Waals surface area contributed by atoms with Crippen molar-refractivity contribution >= 4 is 0 Å². The average Bonchev–Trinajstić information content (AvgIpc) is 2.10. The lowest BCUT2D eigenvalue weighted by atomic mass is 9.81. The molecular formula is C12H24FN. The maximum absolute atomic E-state index is 14.3.